The van der Waals surface area contributed by atoms with Gasteiger partial charge in [0, 0.05) is 59.1 Å². The van der Waals surface area contributed by atoms with Crippen LogP contribution in [0.5, 0.6) is 0 Å². The van der Waals surface area contributed by atoms with Gasteiger partial charge in [-0.1, -0.05) is 108 Å². The van der Waals surface area contributed by atoms with Crippen LogP contribution in [0.3, 0.4) is 0 Å². The topological polar surface area (TPSA) is 17.0 Å². The molecule has 47 heavy (non-hydrogen) atoms. The Morgan fingerprint density at radius 3 is 2.21 bits per heavy atom. The second kappa shape index (κ2) is 10.2. The molecule has 9 aromatic rings. The molecule has 3 heterocycles. The minimum atomic E-state index is 0.871. The van der Waals surface area contributed by atoms with Gasteiger partial charge in [-0.2, -0.15) is 0 Å². The van der Waals surface area contributed by atoms with Crippen molar-refractivity contribution in [2.24, 2.45) is 0 Å². The predicted molar refractivity (Wildman–Crippen MR) is 205 cm³/mol. The first-order valence-electron chi connectivity index (χ1n) is 16.2. The van der Waals surface area contributed by atoms with Gasteiger partial charge in [0.1, 0.15) is 0 Å². The lowest BCUT2D eigenvalue weighted by Gasteiger charge is -2.25. The highest BCUT2D eigenvalue weighted by Gasteiger charge is 2.29. The summed E-state index contributed by atoms with van der Waals surface area (Å²) >= 11 is 1.90. The summed E-state index contributed by atoms with van der Waals surface area (Å²) in [6.07, 6.45) is 0. The van der Waals surface area contributed by atoms with E-state index in [1.807, 2.05) is 11.3 Å². The SMILES string of the molecule is Cc1ccc(Nc2ccccc2-c2cc(-c3ccccc3)c3c4ccccc4n4c3c2Bc2cc3sc5ccccc5c3cc2-4)cc1. The number of thiophene rings is 1. The molecule has 0 bridgehead atoms. The molecule has 0 saturated heterocycles. The highest BCUT2D eigenvalue weighted by atomic mass is 32.1. The van der Waals surface area contributed by atoms with Gasteiger partial charge >= 0.3 is 0 Å². The van der Waals surface area contributed by atoms with E-state index in [1.54, 1.807) is 0 Å². The third-order valence-corrected chi connectivity index (χ3v) is 11.0. The molecule has 0 spiro atoms. The summed E-state index contributed by atoms with van der Waals surface area (Å²) in [5, 5.41) is 9.07. The van der Waals surface area contributed by atoms with Crippen molar-refractivity contribution in [3.05, 3.63) is 151 Å². The zero-order chi connectivity index (χ0) is 31.1. The summed E-state index contributed by atoms with van der Waals surface area (Å²) < 4.78 is 5.26. The fraction of sp³-hybridized carbons (Fsp3) is 0.0233. The van der Waals surface area contributed by atoms with Crippen LogP contribution in [-0.4, -0.2) is 11.8 Å². The molecule has 0 aliphatic carbocycles. The van der Waals surface area contributed by atoms with Gasteiger partial charge in [0.15, 0.2) is 7.28 Å². The van der Waals surface area contributed by atoms with Crippen LogP contribution in [0.25, 0.3) is 69.9 Å². The van der Waals surface area contributed by atoms with E-state index < -0.39 is 0 Å². The van der Waals surface area contributed by atoms with E-state index in [-0.39, 0.29) is 0 Å². The second-order valence-corrected chi connectivity index (χ2v) is 13.8. The van der Waals surface area contributed by atoms with E-state index in [0.29, 0.717) is 0 Å². The smallest absolute Gasteiger partial charge is 0.198 e. The van der Waals surface area contributed by atoms with Crippen LogP contribution in [0.1, 0.15) is 5.56 Å². The van der Waals surface area contributed by atoms with Crippen LogP contribution in [0.4, 0.5) is 11.4 Å². The number of fused-ring (bicyclic) bond motifs is 8. The van der Waals surface area contributed by atoms with Gasteiger partial charge in [0.2, 0.25) is 0 Å². The standard InChI is InChI=1S/C43H29BN2S/c1-26-19-21-28(22-20-26)45-36-16-8-5-13-29(36)34-23-32(27-11-3-2-4-12-27)41-31-15-6-9-17-37(31)46-38-24-33-30-14-7-10-18-39(30)47-40(33)25-35(38)44-42(34)43(41)46/h2-25,44-45H,1H3. The Kier molecular flexibility index (Phi) is 5.79. The molecule has 0 fully saturated rings. The number of para-hydroxylation sites is 2. The Hall–Kier alpha value is -5.58. The van der Waals surface area contributed by atoms with Crippen LogP contribution >= 0.6 is 11.3 Å². The molecule has 7 aromatic carbocycles. The van der Waals surface area contributed by atoms with Gasteiger partial charge in [0.25, 0.3) is 0 Å². The number of aryl methyl sites for hydroxylation is 1. The molecule has 0 saturated carbocycles. The number of nitrogens with zero attached hydrogens (tertiary/aromatic N) is 1. The van der Waals surface area contributed by atoms with E-state index in [1.165, 1.54) is 86.4 Å². The third-order valence-electron chi connectivity index (χ3n) is 9.86. The quantitative estimate of drug-likeness (QED) is 0.195. The van der Waals surface area contributed by atoms with Crippen molar-refractivity contribution in [2.45, 2.75) is 6.92 Å². The molecule has 0 atom stereocenters. The lowest BCUT2D eigenvalue weighted by molar-refractivity contribution is 1.20. The van der Waals surface area contributed by atoms with Crippen molar-refractivity contribution >= 4 is 82.9 Å². The van der Waals surface area contributed by atoms with E-state index in [9.17, 15) is 0 Å². The number of hydrogen-bond donors (Lipinski definition) is 1. The predicted octanol–water partition coefficient (Wildman–Crippen LogP) is 10.2. The first kappa shape index (κ1) is 26.6. The summed E-state index contributed by atoms with van der Waals surface area (Å²) in [5.41, 5.74) is 15.1. The van der Waals surface area contributed by atoms with Crippen molar-refractivity contribution in [2.75, 3.05) is 5.32 Å². The number of rotatable bonds is 4. The Morgan fingerprint density at radius 2 is 1.34 bits per heavy atom. The summed E-state index contributed by atoms with van der Waals surface area (Å²) in [5.74, 6) is 0. The molecule has 0 unspecified atom stereocenters. The number of nitrogens with one attached hydrogen (secondary N) is 1. The molecule has 2 nitrogen and oxygen atoms in total. The van der Waals surface area contributed by atoms with Gasteiger partial charge in [-0.3, -0.25) is 0 Å². The molecule has 10 rings (SSSR count). The average Bonchev–Trinajstić information content (AvgIpc) is 3.66. The normalized spacial score (nSPS) is 12.1. The van der Waals surface area contributed by atoms with Crippen LogP contribution in [0.15, 0.2) is 146 Å². The first-order chi connectivity index (χ1) is 23.2. The largest absolute Gasteiger partial charge is 0.355 e. The minimum Gasteiger partial charge on any atom is -0.355 e. The van der Waals surface area contributed by atoms with Gasteiger partial charge in [-0.15, -0.1) is 11.3 Å². The average molecular weight is 617 g/mol. The third kappa shape index (κ3) is 4.05. The van der Waals surface area contributed by atoms with Crippen molar-refractivity contribution in [1.29, 1.82) is 0 Å². The van der Waals surface area contributed by atoms with Gasteiger partial charge in [-0.05, 0) is 77.6 Å². The van der Waals surface area contributed by atoms with E-state index in [0.717, 1.165) is 18.7 Å². The van der Waals surface area contributed by atoms with Crippen molar-refractivity contribution in [3.8, 4) is 27.9 Å². The molecule has 4 heteroatoms. The second-order valence-electron chi connectivity index (χ2n) is 12.7. The van der Waals surface area contributed by atoms with Crippen LogP contribution in [0.2, 0.25) is 0 Å². The van der Waals surface area contributed by atoms with E-state index in [2.05, 4.69) is 162 Å². The van der Waals surface area contributed by atoms with E-state index in [4.69, 9.17) is 0 Å². The monoisotopic (exact) mass is 616 g/mol. The fourth-order valence-corrected chi connectivity index (χ4v) is 8.86. The Bertz CT molecular complexity index is 2680. The fourth-order valence-electron chi connectivity index (χ4n) is 7.71. The van der Waals surface area contributed by atoms with Crippen LogP contribution in [-0.2, 0) is 0 Å². The highest BCUT2D eigenvalue weighted by Crippen LogP contribution is 2.44. The summed E-state index contributed by atoms with van der Waals surface area (Å²) in [6.45, 7) is 2.13. The molecule has 2 aromatic heterocycles. The number of aromatic nitrogens is 1. The maximum atomic E-state index is 3.77. The summed E-state index contributed by atoms with van der Waals surface area (Å²) in [7, 11) is 0.871. The molecule has 220 valence electrons. The number of anilines is 2. The first-order valence-corrected chi connectivity index (χ1v) is 17.0. The maximum Gasteiger partial charge on any atom is 0.198 e. The summed E-state index contributed by atoms with van der Waals surface area (Å²) in [6, 6.07) is 53.5. The minimum absolute atomic E-state index is 0.871. The van der Waals surface area contributed by atoms with Crippen molar-refractivity contribution < 1.29 is 0 Å². The highest BCUT2D eigenvalue weighted by molar-refractivity contribution is 7.25. The molecular weight excluding hydrogens is 587 g/mol. The maximum absolute atomic E-state index is 3.77. The van der Waals surface area contributed by atoms with Gasteiger partial charge < -0.3 is 9.88 Å². The Balaban J connectivity index is 1.32. The van der Waals surface area contributed by atoms with Crippen molar-refractivity contribution in [3.63, 3.8) is 0 Å². The van der Waals surface area contributed by atoms with Crippen molar-refractivity contribution in [1.82, 2.24) is 4.57 Å². The molecule has 0 radical (unpaired) electrons. The van der Waals surface area contributed by atoms with Gasteiger partial charge in [0.05, 0.1) is 5.52 Å². The molecule has 1 aliphatic heterocycles. The zero-order valence-corrected chi connectivity index (χ0v) is 26.7. The zero-order valence-electron chi connectivity index (χ0n) is 25.9. The lowest BCUT2D eigenvalue weighted by Crippen LogP contribution is -2.37. The molecule has 0 amide bonds. The Morgan fingerprint density at radius 1 is 0.596 bits per heavy atom. The Labute approximate surface area is 277 Å². The molecule has 1 N–H and O–H groups in total. The van der Waals surface area contributed by atoms with Crippen LogP contribution < -0.4 is 16.2 Å². The molecular formula is C43H29BN2S. The summed E-state index contributed by atoms with van der Waals surface area (Å²) in [4.78, 5) is 0. The van der Waals surface area contributed by atoms with Gasteiger partial charge in [-0.25, -0.2) is 0 Å². The lowest BCUT2D eigenvalue weighted by atomic mass is 9.58. The van der Waals surface area contributed by atoms with Crippen LogP contribution in [0, 0.1) is 6.92 Å². The number of hydrogen-bond acceptors (Lipinski definition) is 2. The molecule has 1 aliphatic rings. The van der Waals surface area contributed by atoms with E-state index >= 15 is 0 Å². The number of benzene rings is 7.